The van der Waals surface area contributed by atoms with Crippen LogP contribution in [-0.4, -0.2) is 48.1 Å². The van der Waals surface area contributed by atoms with Crippen molar-refractivity contribution in [2.24, 2.45) is 5.41 Å². The monoisotopic (exact) mass is 259 g/mol. The third kappa shape index (κ3) is 5.33. The molecule has 5 heteroatoms. The van der Waals surface area contributed by atoms with E-state index >= 15 is 0 Å². The molecule has 0 aromatic heterocycles. The summed E-state index contributed by atoms with van der Waals surface area (Å²) in [5, 5.41) is 21.0. The van der Waals surface area contributed by atoms with Gasteiger partial charge >= 0.3 is 5.97 Å². The lowest BCUT2D eigenvalue weighted by Gasteiger charge is -2.25. The Kier molecular flexibility index (Phi) is 6.05. The lowest BCUT2D eigenvalue weighted by atomic mass is 9.88. The summed E-state index contributed by atoms with van der Waals surface area (Å²) in [7, 11) is 0. The van der Waals surface area contributed by atoms with Crippen molar-refractivity contribution in [2.75, 3.05) is 19.7 Å². The summed E-state index contributed by atoms with van der Waals surface area (Å²) in [5.74, 6) is -0.860. The van der Waals surface area contributed by atoms with E-state index in [1.165, 1.54) is 0 Å². The maximum Gasteiger partial charge on any atom is 0.332 e. The van der Waals surface area contributed by atoms with E-state index in [1.807, 2.05) is 0 Å². The zero-order valence-corrected chi connectivity index (χ0v) is 11.3. The van der Waals surface area contributed by atoms with Crippen LogP contribution in [0.25, 0.3) is 0 Å². The third-order valence-electron chi connectivity index (χ3n) is 3.37. The molecule has 2 atom stereocenters. The van der Waals surface area contributed by atoms with Crippen molar-refractivity contribution < 1.29 is 19.7 Å². The molecule has 0 aromatic carbocycles. The number of carboxylic acids is 1. The maximum absolute atomic E-state index is 10.7. The highest BCUT2D eigenvalue weighted by Crippen LogP contribution is 2.22. The second kappa shape index (κ2) is 7.07. The van der Waals surface area contributed by atoms with Gasteiger partial charge in [0.2, 0.25) is 0 Å². The molecular weight excluding hydrogens is 234 g/mol. The second-order valence-corrected chi connectivity index (χ2v) is 5.78. The zero-order chi connectivity index (χ0) is 13.6. The van der Waals surface area contributed by atoms with E-state index in [0.717, 1.165) is 25.8 Å². The molecule has 1 fully saturated rings. The Balaban J connectivity index is 2.16. The number of hydrogen-bond acceptors (Lipinski definition) is 4. The SMILES string of the molecule is CC(C)(CCCO)CNCC1CCC(C(=O)O)O1. The van der Waals surface area contributed by atoms with Crippen LogP contribution < -0.4 is 5.32 Å². The second-order valence-electron chi connectivity index (χ2n) is 5.78. The van der Waals surface area contributed by atoms with Gasteiger partial charge in [-0.15, -0.1) is 0 Å². The summed E-state index contributed by atoms with van der Waals surface area (Å²) in [6.45, 7) is 6.10. The maximum atomic E-state index is 10.7. The van der Waals surface area contributed by atoms with E-state index in [1.54, 1.807) is 0 Å². The van der Waals surface area contributed by atoms with Gasteiger partial charge in [0.25, 0.3) is 0 Å². The molecule has 1 heterocycles. The van der Waals surface area contributed by atoms with E-state index in [9.17, 15) is 4.79 Å². The van der Waals surface area contributed by atoms with Gasteiger partial charge in [0.1, 0.15) is 0 Å². The molecule has 1 rings (SSSR count). The molecule has 0 aliphatic carbocycles. The number of aliphatic carboxylic acids is 1. The van der Waals surface area contributed by atoms with Crippen LogP contribution in [0.2, 0.25) is 0 Å². The highest BCUT2D eigenvalue weighted by Gasteiger charge is 2.30. The first-order valence-electron chi connectivity index (χ1n) is 6.64. The van der Waals surface area contributed by atoms with Gasteiger partial charge in [0, 0.05) is 19.7 Å². The Hall–Kier alpha value is -0.650. The molecule has 0 bridgehead atoms. The van der Waals surface area contributed by atoms with Crippen LogP contribution in [0.5, 0.6) is 0 Å². The summed E-state index contributed by atoms with van der Waals surface area (Å²) >= 11 is 0. The average Bonchev–Trinajstić information content (AvgIpc) is 2.75. The van der Waals surface area contributed by atoms with Crippen molar-refractivity contribution in [1.82, 2.24) is 5.32 Å². The molecule has 5 nitrogen and oxygen atoms in total. The van der Waals surface area contributed by atoms with Crippen LogP contribution in [0.15, 0.2) is 0 Å². The quantitative estimate of drug-likeness (QED) is 0.606. The summed E-state index contributed by atoms with van der Waals surface area (Å²) in [6, 6.07) is 0. The van der Waals surface area contributed by atoms with Crippen LogP contribution in [0, 0.1) is 5.41 Å². The summed E-state index contributed by atoms with van der Waals surface area (Å²) in [5.41, 5.74) is 0.146. The van der Waals surface area contributed by atoms with Crippen molar-refractivity contribution in [3.63, 3.8) is 0 Å². The third-order valence-corrected chi connectivity index (χ3v) is 3.37. The van der Waals surface area contributed by atoms with Crippen molar-refractivity contribution in [1.29, 1.82) is 0 Å². The number of rotatable bonds is 8. The van der Waals surface area contributed by atoms with E-state index in [2.05, 4.69) is 19.2 Å². The standard InChI is InChI=1S/C13H25NO4/c1-13(2,6-3-7-15)9-14-8-10-4-5-11(18-10)12(16)17/h10-11,14-15H,3-9H2,1-2H3,(H,16,17). The average molecular weight is 259 g/mol. The molecule has 1 aliphatic heterocycles. The largest absolute Gasteiger partial charge is 0.479 e. The molecule has 0 radical (unpaired) electrons. The summed E-state index contributed by atoms with van der Waals surface area (Å²) in [6.07, 6.45) is 2.59. The van der Waals surface area contributed by atoms with Gasteiger partial charge in [-0.2, -0.15) is 0 Å². The molecule has 0 saturated carbocycles. The number of aliphatic hydroxyl groups excluding tert-OH is 1. The molecule has 1 saturated heterocycles. The molecule has 106 valence electrons. The Bertz CT molecular complexity index is 268. The van der Waals surface area contributed by atoms with Crippen LogP contribution >= 0.6 is 0 Å². The number of hydrogen-bond donors (Lipinski definition) is 3. The van der Waals surface area contributed by atoms with Crippen molar-refractivity contribution >= 4 is 5.97 Å². The van der Waals surface area contributed by atoms with Gasteiger partial charge in [0.05, 0.1) is 6.10 Å². The van der Waals surface area contributed by atoms with Crippen LogP contribution in [0.1, 0.15) is 39.5 Å². The number of ether oxygens (including phenoxy) is 1. The molecule has 2 unspecified atom stereocenters. The van der Waals surface area contributed by atoms with E-state index in [-0.39, 0.29) is 18.1 Å². The number of aliphatic hydroxyl groups is 1. The fourth-order valence-electron chi connectivity index (χ4n) is 2.26. The first-order chi connectivity index (χ1) is 8.44. The molecule has 0 spiro atoms. The normalized spacial score (nSPS) is 24.4. The number of nitrogens with one attached hydrogen (secondary N) is 1. The predicted molar refractivity (Wildman–Crippen MR) is 68.5 cm³/mol. The minimum Gasteiger partial charge on any atom is -0.479 e. The van der Waals surface area contributed by atoms with Crippen molar-refractivity contribution in [2.45, 2.75) is 51.7 Å². The van der Waals surface area contributed by atoms with Gasteiger partial charge in [-0.1, -0.05) is 13.8 Å². The van der Waals surface area contributed by atoms with Gasteiger partial charge in [-0.25, -0.2) is 4.79 Å². The van der Waals surface area contributed by atoms with E-state index < -0.39 is 12.1 Å². The van der Waals surface area contributed by atoms with Crippen molar-refractivity contribution in [3.8, 4) is 0 Å². The first kappa shape index (κ1) is 15.4. The highest BCUT2D eigenvalue weighted by molar-refractivity contribution is 5.72. The van der Waals surface area contributed by atoms with Crippen LogP contribution in [0.4, 0.5) is 0 Å². The fourth-order valence-corrected chi connectivity index (χ4v) is 2.26. The van der Waals surface area contributed by atoms with E-state index in [4.69, 9.17) is 14.9 Å². The van der Waals surface area contributed by atoms with Crippen LogP contribution in [-0.2, 0) is 9.53 Å². The topological polar surface area (TPSA) is 78.8 Å². The Morgan fingerprint density at radius 1 is 1.44 bits per heavy atom. The molecule has 18 heavy (non-hydrogen) atoms. The van der Waals surface area contributed by atoms with Gasteiger partial charge < -0.3 is 20.3 Å². The predicted octanol–water partition coefficient (Wildman–Crippen LogP) is 1.01. The number of carbonyl (C=O) groups is 1. The lowest BCUT2D eigenvalue weighted by Crippen LogP contribution is -2.35. The van der Waals surface area contributed by atoms with E-state index in [0.29, 0.717) is 13.0 Å². The first-order valence-corrected chi connectivity index (χ1v) is 6.64. The minimum atomic E-state index is -0.860. The lowest BCUT2D eigenvalue weighted by molar-refractivity contribution is -0.149. The zero-order valence-electron chi connectivity index (χ0n) is 11.3. The van der Waals surface area contributed by atoms with Crippen molar-refractivity contribution in [3.05, 3.63) is 0 Å². The Labute approximate surface area is 109 Å². The van der Waals surface area contributed by atoms with Gasteiger partial charge in [-0.05, 0) is 31.1 Å². The molecular formula is C13H25NO4. The summed E-state index contributed by atoms with van der Waals surface area (Å²) in [4.78, 5) is 10.7. The molecule has 1 aliphatic rings. The Morgan fingerprint density at radius 2 is 2.17 bits per heavy atom. The molecule has 0 aromatic rings. The fraction of sp³-hybridized carbons (Fsp3) is 0.923. The number of carboxylic acid groups (broad SMARTS) is 1. The Morgan fingerprint density at radius 3 is 2.72 bits per heavy atom. The molecule has 3 N–H and O–H groups in total. The van der Waals surface area contributed by atoms with Crippen LogP contribution in [0.3, 0.4) is 0 Å². The minimum absolute atomic E-state index is 0.0136. The molecule has 0 amide bonds. The van der Waals surface area contributed by atoms with Gasteiger partial charge in [0.15, 0.2) is 6.10 Å². The van der Waals surface area contributed by atoms with Gasteiger partial charge in [-0.3, -0.25) is 0 Å². The highest BCUT2D eigenvalue weighted by atomic mass is 16.5. The summed E-state index contributed by atoms with van der Waals surface area (Å²) < 4.78 is 5.42. The smallest absolute Gasteiger partial charge is 0.332 e.